The van der Waals surface area contributed by atoms with E-state index in [1.54, 1.807) is 9.80 Å². The molecule has 24 heavy (non-hydrogen) atoms. The first-order valence-electron chi connectivity index (χ1n) is 8.74. The van der Waals surface area contributed by atoms with Crippen LogP contribution in [0.1, 0.15) is 11.1 Å². The van der Waals surface area contributed by atoms with E-state index in [1.165, 1.54) is 48.2 Å². The fourth-order valence-electron chi connectivity index (χ4n) is 3.75. The lowest BCUT2D eigenvalue weighted by Gasteiger charge is -2.29. The molecule has 0 atom stereocenters. The average Bonchev–Trinajstić information content (AvgIpc) is 3.02. The Balaban J connectivity index is 1.33. The molecule has 2 aromatic carbocycles. The third-order valence-corrected chi connectivity index (χ3v) is 5.40. The minimum Gasteiger partial charge on any atom is -0.361 e. The van der Waals surface area contributed by atoms with Gasteiger partial charge in [0, 0.05) is 33.2 Å². The monoisotopic (exact) mass is 341 g/mol. The molecule has 0 radical (unpaired) electrons. The highest BCUT2D eigenvalue weighted by molar-refractivity contribution is 6.30. The first-order valence-corrected chi connectivity index (χ1v) is 9.12. The number of piperazine rings is 1. The van der Waals surface area contributed by atoms with Gasteiger partial charge in [0.05, 0.1) is 0 Å². The van der Waals surface area contributed by atoms with Crippen LogP contribution in [-0.4, -0.2) is 31.2 Å². The van der Waals surface area contributed by atoms with Crippen LogP contribution in [0.25, 0.3) is 10.9 Å². The highest BCUT2D eigenvalue weighted by atomic mass is 35.5. The van der Waals surface area contributed by atoms with Gasteiger partial charge in [-0.3, -0.25) is 0 Å². The number of H-pyrrole nitrogens is 1. The zero-order valence-corrected chi connectivity index (χ0v) is 14.6. The summed E-state index contributed by atoms with van der Waals surface area (Å²) in [6.07, 6.45) is 2.19. The van der Waals surface area contributed by atoms with Crippen molar-refractivity contribution in [3.05, 3.63) is 70.9 Å². The summed E-state index contributed by atoms with van der Waals surface area (Å²) in [5, 5.41) is 2.20. The number of hydrogen-bond acceptors (Lipinski definition) is 0. The quantitative estimate of drug-likeness (QED) is 0.637. The molecular weight excluding hydrogens is 318 g/mol. The van der Waals surface area contributed by atoms with Gasteiger partial charge in [-0.05, 0) is 18.2 Å². The minimum atomic E-state index is 0.821. The van der Waals surface area contributed by atoms with Gasteiger partial charge in [-0.2, -0.15) is 0 Å². The summed E-state index contributed by atoms with van der Waals surface area (Å²) >= 11 is 5.97. The van der Waals surface area contributed by atoms with Crippen molar-refractivity contribution < 1.29 is 9.80 Å². The van der Waals surface area contributed by atoms with E-state index in [0.717, 1.165) is 18.1 Å². The molecule has 3 aromatic rings. The number of para-hydroxylation sites is 1. The van der Waals surface area contributed by atoms with E-state index in [9.17, 15) is 0 Å². The number of halogens is 1. The van der Waals surface area contributed by atoms with Crippen molar-refractivity contribution in [1.82, 2.24) is 4.98 Å². The maximum Gasteiger partial charge on any atom is 0.127 e. The predicted molar refractivity (Wildman–Crippen MR) is 98.6 cm³/mol. The Kier molecular flexibility index (Phi) is 4.56. The third kappa shape index (κ3) is 3.48. The Morgan fingerprint density at radius 1 is 0.833 bits per heavy atom. The smallest absolute Gasteiger partial charge is 0.127 e. The molecule has 4 rings (SSSR count). The Hall–Kier alpha value is -1.81. The Morgan fingerprint density at radius 2 is 1.50 bits per heavy atom. The third-order valence-electron chi connectivity index (χ3n) is 5.15. The summed E-state index contributed by atoms with van der Waals surface area (Å²) in [7, 11) is 0. The maximum atomic E-state index is 5.97. The second-order valence-electron chi connectivity index (χ2n) is 6.84. The molecule has 3 N–H and O–H groups in total. The Labute approximate surface area is 147 Å². The van der Waals surface area contributed by atoms with Gasteiger partial charge < -0.3 is 14.8 Å². The number of nitrogens with one attached hydrogen (secondary N) is 3. The molecule has 0 amide bonds. The number of quaternary nitrogens is 2. The van der Waals surface area contributed by atoms with E-state index in [4.69, 9.17) is 11.6 Å². The van der Waals surface area contributed by atoms with Crippen LogP contribution in [0.5, 0.6) is 0 Å². The van der Waals surface area contributed by atoms with E-state index in [-0.39, 0.29) is 0 Å². The topological polar surface area (TPSA) is 24.7 Å². The Morgan fingerprint density at radius 3 is 2.25 bits per heavy atom. The minimum absolute atomic E-state index is 0.821. The van der Waals surface area contributed by atoms with Crippen LogP contribution in [0.2, 0.25) is 5.02 Å². The lowest BCUT2D eigenvalue weighted by molar-refractivity contribution is -1.02. The van der Waals surface area contributed by atoms with Crippen molar-refractivity contribution in [1.29, 1.82) is 0 Å². The molecule has 1 aliphatic rings. The first-order chi connectivity index (χ1) is 11.8. The lowest BCUT2D eigenvalue weighted by Crippen LogP contribution is -3.27. The van der Waals surface area contributed by atoms with Crippen molar-refractivity contribution in [3.63, 3.8) is 0 Å². The number of fused-ring (bicyclic) bond motifs is 1. The van der Waals surface area contributed by atoms with Crippen molar-refractivity contribution in [2.75, 3.05) is 26.2 Å². The molecule has 124 valence electrons. The van der Waals surface area contributed by atoms with Gasteiger partial charge in [0.1, 0.15) is 39.3 Å². The summed E-state index contributed by atoms with van der Waals surface area (Å²) in [6.45, 7) is 7.18. The SMILES string of the molecule is Clc1ccc(C[NH+]2CC[NH+](Cc3c[nH]c4ccccc34)CC2)cc1. The van der Waals surface area contributed by atoms with E-state index in [0.29, 0.717) is 0 Å². The van der Waals surface area contributed by atoms with E-state index < -0.39 is 0 Å². The van der Waals surface area contributed by atoms with E-state index in [2.05, 4.69) is 47.6 Å². The molecule has 1 fully saturated rings. The van der Waals surface area contributed by atoms with Crippen molar-refractivity contribution in [2.24, 2.45) is 0 Å². The number of rotatable bonds is 4. The normalized spacial score (nSPS) is 21.2. The molecule has 0 unspecified atom stereocenters. The lowest BCUT2D eigenvalue weighted by atomic mass is 10.1. The molecule has 1 saturated heterocycles. The molecule has 0 spiro atoms. The van der Waals surface area contributed by atoms with Crippen LogP contribution in [0.15, 0.2) is 54.7 Å². The molecule has 4 heteroatoms. The van der Waals surface area contributed by atoms with Gasteiger partial charge in [-0.15, -0.1) is 0 Å². The van der Waals surface area contributed by atoms with Crippen molar-refractivity contribution >= 4 is 22.5 Å². The second-order valence-corrected chi connectivity index (χ2v) is 7.28. The molecular formula is C20H24ClN3+2. The molecule has 0 bridgehead atoms. The molecule has 1 aromatic heterocycles. The number of aromatic nitrogens is 1. The van der Waals surface area contributed by atoms with Gasteiger partial charge in [-0.1, -0.05) is 41.9 Å². The Bertz CT molecular complexity index is 801. The van der Waals surface area contributed by atoms with Crippen LogP contribution >= 0.6 is 11.6 Å². The zero-order valence-electron chi connectivity index (χ0n) is 13.8. The second kappa shape index (κ2) is 6.98. The summed E-state index contributed by atoms with van der Waals surface area (Å²) in [5.74, 6) is 0. The van der Waals surface area contributed by atoms with E-state index >= 15 is 0 Å². The first kappa shape index (κ1) is 15.7. The highest BCUT2D eigenvalue weighted by Crippen LogP contribution is 2.16. The molecule has 1 aliphatic heterocycles. The fraction of sp³-hybridized carbons (Fsp3) is 0.300. The summed E-state index contributed by atoms with van der Waals surface area (Å²) in [5.41, 5.74) is 4.08. The summed E-state index contributed by atoms with van der Waals surface area (Å²) < 4.78 is 0. The van der Waals surface area contributed by atoms with Crippen LogP contribution in [0.4, 0.5) is 0 Å². The zero-order chi connectivity index (χ0) is 16.4. The highest BCUT2D eigenvalue weighted by Gasteiger charge is 2.23. The largest absolute Gasteiger partial charge is 0.361 e. The van der Waals surface area contributed by atoms with Crippen molar-refractivity contribution in [3.8, 4) is 0 Å². The van der Waals surface area contributed by atoms with Crippen LogP contribution in [0, 0.1) is 0 Å². The van der Waals surface area contributed by atoms with Crippen LogP contribution in [0.3, 0.4) is 0 Å². The molecule has 0 aliphatic carbocycles. The maximum absolute atomic E-state index is 5.97. The number of benzene rings is 2. The predicted octanol–water partition coefficient (Wildman–Crippen LogP) is 1.30. The van der Waals surface area contributed by atoms with Gasteiger partial charge in [-0.25, -0.2) is 0 Å². The molecule has 2 heterocycles. The molecule has 0 saturated carbocycles. The summed E-state index contributed by atoms with van der Waals surface area (Å²) in [4.78, 5) is 6.77. The summed E-state index contributed by atoms with van der Waals surface area (Å²) in [6, 6.07) is 16.9. The van der Waals surface area contributed by atoms with Gasteiger partial charge >= 0.3 is 0 Å². The van der Waals surface area contributed by atoms with Crippen LogP contribution < -0.4 is 9.80 Å². The van der Waals surface area contributed by atoms with Gasteiger partial charge in [0.25, 0.3) is 0 Å². The standard InChI is InChI=1S/C20H22ClN3/c21-18-7-5-16(6-8-18)14-23-9-11-24(12-10-23)15-17-13-22-20-4-2-1-3-19(17)20/h1-8,13,22H,9-12,14-15H2/p+2. The fourth-order valence-corrected chi connectivity index (χ4v) is 3.87. The van der Waals surface area contributed by atoms with Gasteiger partial charge in [0.2, 0.25) is 0 Å². The number of hydrogen-bond donors (Lipinski definition) is 3. The number of aromatic amines is 1. The van der Waals surface area contributed by atoms with E-state index in [1.807, 2.05) is 12.1 Å². The van der Waals surface area contributed by atoms with Gasteiger partial charge in [0.15, 0.2) is 0 Å². The average molecular weight is 342 g/mol. The molecule has 3 nitrogen and oxygen atoms in total. The van der Waals surface area contributed by atoms with Crippen molar-refractivity contribution in [2.45, 2.75) is 13.1 Å². The van der Waals surface area contributed by atoms with Crippen LogP contribution in [-0.2, 0) is 13.1 Å².